The standard InChI is InChI=1S/C25H31NO2Si/c1-3-4-5-16-29(2)17-14-22(15-18-29)21-10-12-24(13-11-21)28-25(27)23-8-6-20(19-26)7-9-23/h6-13,22H,3-5,14-18H2,1-2H3/t22-,29-. The monoisotopic (exact) mass is 405 g/mol. The first-order valence-electron chi connectivity index (χ1n) is 10.9. The molecule has 1 aliphatic heterocycles. The van der Waals surface area contributed by atoms with Gasteiger partial charge in [-0.3, -0.25) is 0 Å². The third-order valence-corrected chi connectivity index (χ3v) is 10.9. The summed E-state index contributed by atoms with van der Waals surface area (Å²) in [5, 5.41) is 8.85. The zero-order valence-electron chi connectivity index (χ0n) is 17.6. The van der Waals surface area contributed by atoms with E-state index in [0.717, 1.165) is 0 Å². The topological polar surface area (TPSA) is 50.1 Å². The average molecular weight is 406 g/mol. The second-order valence-corrected chi connectivity index (χ2v) is 13.8. The molecule has 2 aromatic rings. The number of carbonyl (C=O) groups is 1. The summed E-state index contributed by atoms with van der Waals surface area (Å²) in [6.07, 6.45) is 6.73. The van der Waals surface area contributed by atoms with Crippen molar-refractivity contribution in [3.05, 3.63) is 65.2 Å². The number of nitrogens with zero attached hydrogens (tertiary/aromatic N) is 1. The van der Waals surface area contributed by atoms with Crippen LogP contribution in [0.5, 0.6) is 5.75 Å². The van der Waals surface area contributed by atoms with Gasteiger partial charge in [0, 0.05) is 0 Å². The molecule has 0 aromatic heterocycles. The van der Waals surface area contributed by atoms with Gasteiger partial charge in [-0.1, -0.05) is 63.0 Å². The van der Waals surface area contributed by atoms with Gasteiger partial charge in [0.15, 0.2) is 0 Å². The van der Waals surface area contributed by atoms with Crippen LogP contribution in [0.15, 0.2) is 48.5 Å². The highest BCUT2D eigenvalue weighted by Crippen LogP contribution is 2.41. The van der Waals surface area contributed by atoms with Crippen LogP contribution in [0.4, 0.5) is 0 Å². The molecule has 0 unspecified atom stereocenters. The molecule has 3 nitrogen and oxygen atoms in total. The van der Waals surface area contributed by atoms with E-state index in [0.29, 0.717) is 22.8 Å². The summed E-state index contributed by atoms with van der Waals surface area (Å²) in [6, 6.07) is 21.0. The van der Waals surface area contributed by atoms with Gasteiger partial charge in [-0.2, -0.15) is 5.26 Å². The second-order valence-electron chi connectivity index (χ2n) is 8.69. The van der Waals surface area contributed by atoms with Crippen LogP contribution in [-0.2, 0) is 0 Å². The molecule has 4 heteroatoms. The minimum Gasteiger partial charge on any atom is -0.423 e. The first-order valence-corrected chi connectivity index (χ1v) is 14.0. The van der Waals surface area contributed by atoms with Gasteiger partial charge in [0.05, 0.1) is 25.3 Å². The Kier molecular flexibility index (Phi) is 7.27. The molecule has 0 saturated carbocycles. The van der Waals surface area contributed by atoms with E-state index >= 15 is 0 Å². The predicted molar refractivity (Wildman–Crippen MR) is 120 cm³/mol. The van der Waals surface area contributed by atoms with Crippen molar-refractivity contribution in [2.45, 2.75) is 69.6 Å². The molecular formula is C25H31NO2Si. The molecule has 0 aliphatic carbocycles. The largest absolute Gasteiger partial charge is 0.423 e. The van der Waals surface area contributed by atoms with Crippen LogP contribution < -0.4 is 4.74 Å². The Labute approximate surface area is 175 Å². The highest BCUT2D eigenvalue weighted by Gasteiger charge is 2.32. The maximum Gasteiger partial charge on any atom is 0.343 e. The molecule has 1 aliphatic rings. The van der Waals surface area contributed by atoms with Crippen molar-refractivity contribution >= 4 is 14.0 Å². The summed E-state index contributed by atoms with van der Waals surface area (Å²) >= 11 is 0. The molecule has 0 radical (unpaired) electrons. The number of hydrogen-bond acceptors (Lipinski definition) is 3. The third kappa shape index (κ3) is 5.80. The Balaban J connectivity index is 1.54. The summed E-state index contributed by atoms with van der Waals surface area (Å²) in [5.74, 6) is 0.816. The van der Waals surface area contributed by atoms with Gasteiger partial charge in [-0.25, -0.2) is 4.79 Å². The Morgan fingerprint density at radius 3 is 2.31 bits per heavy atom. The Morgan fingerprint density at radius 2 is 1.72 bits per heavy atom. The highest BCUT2D eigenvalue weighted by atomic mass is 28.3. The molecule has 0 amide bonds. The van der Waals surface area contributed by atoms with Crippen LogP contribution in [-0.4, -0.2) is 14.0 Å². The van der Waals surface area contributed by atoms with E-state index in [4.69, 9.17) is 10.00 Å². The van der Waals surface area contributed by atoms with Crippen LogP contribution >= 0.6 is 0 Å². The molecule has 0 bridgehead atoms. The van der Waals surface area contributed by atoms with E-state index in [-0.39, 0.29) is 0 Å². The number of unbranched alkanes of at least 4 members (excludes halogenated alkanes) is 2. The van der Waals surface area contributed by atoms with Crippen molar-refractivity contribution < 1.29 is 9.53 Å². The number of nitriles is 1. The summed E-state index contributed by atoms with van der Waals surface area (Å²) in [7, 11) is -1.02. The highest BCUT2D eigenvalue weighted by molar-refractivity contribution is 6.78. The molecule has 0 N–H and O–H groups in total. The van der Waals surface area contributed by atoms with Gasteiger partial charge < -0.3 is 4.74 Å². The fraction of sp³-hybridized carbons (Fsp3) is 0.440. The first kappa shape index (κ1) is 21.3. The molecule has 29 heavy (non-hydrogen) atoms. The lowest BCUT2D eigenvalue weighted by Gasteiger charge is -2.36. The molecule has 0 atom stereocenters. The Morgan fingerprint density at radius 1 is 1.07 bits per heavy atom. The van der Waals surface area contributed by atoms with E-state index in [1.807, 2.05) is 18.2 Å². The molecule has 1 heterocycles. The van der Waals surface area contributed by atoms with E-state index in [1.165, 1.54) is 55.8 Å². The Bertz CT molecular complexity index is 844. The van der Waals surface area contributed by atoms with Crippen LogP contribution in [0.25, 0.3) is 0 Å². The van der Waals surface area contributed by atoms with Gasteiger partial charge in [-0.15, -0.1) is 0 Å². The summed E-state index contributed by atoms with van der Waals surface area (Å²) in [4.78, 5) is 12.3. The lowest BCUT2D eigenvalue weighted by atomic mass is 9.93. The molecule has 1 saturated heterocycles. The van der Waals surface area contributed by atoms with Crippen molar-refractivity contribution in [3.63, 3.8) is 0 Å². The third-order valence-electron chi connectivity index (χ3n) is 6.39. The minimum absolute atomic E-state index is 0.395. The zero-order chi connectivity index (χ0) is 20.7. The lowest BCUT2D eigenvalue weighted by Crippen LogP contribution is -2.34. The number of ether oxygens (including phenoxy) is 1. The second kappa shape index (κ2) is 9.89. The van der Waals surface area contributed by atoms with Gasteiger partial charge >= 0.3 is 5.97 Å². The van der Waals surface area contributed by atoms with Gasteiger partial charge in [-0.05, 0) is 60.7 Å². The molecule has 2 aromatic carbocycles. The minimum atomic E-state index is -1.02. The van der Waals surface area contributed by atoms with E-state index in [9.17, 15) is 4.79 Å². The Hall–Kier alpha value is -2.38. The number of carbonyl (C=O) groups excluding carboxylic acids is 1. The van der Waals surface area contributed by atoms with Crippen molar-refractivity contribution in [3.8, 4) is 11.8 Å². The van der Waals surface area contributed by atoms with E-state index < -0.39 is 14.0 Å². The van der Waals surface area contributed by atoms with Gasteiger partial charge in [0.25, 0.3) is 0 Å². The number of esters is 1. The van der Waals surface area contributed by atoms with Crippen LogP contribution in [0.2, 0.25) is 24.7 Å². The van der Waals surface area contributed by atoms with Crippen LogP contribution in [0, 0.1) is 11.3 Å². The van der Waals surface area contributed by atoms with Crippen molar-refractivity contribution in [2.75, 3.05) is 0 Å². The number of benzene rings is 2. The van der Waals surface area contributed by atoms with Gasteiger partial charge in [0.1, 0.15) is 5.75 Å². The van der Waals surface area contributed by atoms with Crippen molar-refractivity contribution in [2.24, 2.45) is 0 Å². The fourth-order valence-electron chi connectivity index (χ4n) is 4.35. The normalized spacial score (nSPS) is 21.3. The fourth-order valence-corrected chi connectivity index (χ4v) is 8.30. The molecule has 3 rings (SSSR count). The van der Waals surface area contributed by atoms with E-state index in [2.05, 4.69) is 25.6 Å². The molecule has 1 fully saturated rings. The molecular weight excluding hydrogens is 374 g/mol. The summed E-state index contributed by atoms with van der Waals surface area (Å²) in [6.45, 7) is 4.89. The first-order chi connectivity index (χ1) is 14.0. The molecule has 152 valence electrons. The average Bonchev–Trinajstić information content (AvgIpc) is 2.75. The number of hydrogen-bond donors (Lipinski definition) is 0. The van der Waals surface area contributed by atoms with E-state index in [1.54, 1.807) is 24.3 Å². The van der Waals surface area contributed by atoms with Crippen molar-refractivity contribution in [1.29, 1.82) is 5.26 Å². The smallest absolute Gasteiger partial charge is 0.343 e. The zero-order valence-corrected chi connectivity index (χ0v) is 18.6. The van der Waals surface area contributed by atoms with Crippen LogP contribution in [0.1, 0.15) is 66.4 Å². The summed E-state index contributed by atoms with van der Waals surface area (Å²) in [5.41, 5.74) is 2.35. The molecule has 0 spiro atoms. The quantitative estimate of drug-likeness (QED) is 0.217. The van der Waals surface area contributed by atoms with Crippen LogP contribution in [0.3, 0.4) is 0 Å². The van der Waals surface area contributed by atoms with Gasteiger partial charge in [0.2, 0.25) is 0 Å². The summed E-state index contributed by atoms with van der Waals surface area (Å²) < 4.78 is 5.49. The number of rotatable bonds is 7. The lowest BCUT2D eigenvalue weighted by molar-refractivity contribution is 0.0734. The maximum atomic E-state index is 12.3. The predicted octanol–water partition coefficient (Wildman–Crippen LogP) is 6.92. The maximum absolute atomic E-state index is 12.3. The SMILES string of the molecule is CCCCC[Si@]1(C)CC[C@@H](c2ccc(OC(=O)c3ccc(C#N)cc3)cc2)CC1. The van der Waals surface area contributed by atoms with Crippen molar-refractivity contribution in [1.82, 2.24) is 0 Å².